The molecule has 1 N–H and O–H groups in total. The zero-order chi connectivity index (χ0) is 14.4. The minimum absolute atomic E-state index is 0.162. The predicted molar refractivity (Wildman–Crippen MR) is 80.1 cm³/mol. The van der Waals surface area contributed by atoms with Crippen molar-refractivity contribution < 1.29 is 4.39 Å². The van der Waals surface area contributed by atoms with Crippen molar-refractivity contribution in [2.24, 2.45) is 0 Å². The maximum atomic E-state index is 14.0. The van der Waals surface area contributed by atoms with E-state index in [-0.39, 0.29) is 5.82 Å². The molecule has 0 aliphatic carbocycles. The lowest BCUT2D eigenvalue weighted by atomic mass is 10.1. The molecule has 0 aliphatic rings. The van der Waals surface area contributed by atoms with E-state index in [1.807, 2.05) is 25.2 Å². The monoisotopic (exact) mass is 273 g/mol. The summed E-state index contributed by atoms with van der Waals surface area (Å²) in [6.45, 7) is 4.17. The van der Waals surface area contributed by atoms with Gasteiger partial charge in [-0.3, -0.25) is 4.98 Å². The van der Waals surface area contributed by atoms with Crippen molar-refractivity contribution in [2.45, 2.75) is 20.0 Å². The van der Waals surface area contributed by atoms with Crippen molar-refractivity contribution >= 4 is 5.69 Å². The molecule has 1 aromatic heterocycles. The van der Waals surface area contributed by atoms with Gasteiger partial charge in [0, 0.05) is 43.3 Å². The number of pyridine rings is 1. The molecule has 0 amide bonds. The SMILES string of the molecule is CCN(Cc1ccncc1)c1cccc(F)c1CNC. The van der Waals surface area contributed by atoms with Crippen molar-refractivity contribution in [1.82, 2.24) is 10.3 Å². The first kappa shape index (κ1) is 14.5. The average Bonchev–Trinajstić information content (AvgIpc) is 2.48. The van der Waals surface area contributed by atoms with Crippen LogP contribution in [0.5, 0.6) is 0 Å². The molecule has 2 aromatic rings. The normalized spacial score (nSPS) is 10.6. The van der Waals surface area contributed by atoms with Crippen LogP contribution in [0, 0.1) is 5.82 Å². The standard InChI is InChI=1S/C16H20FN3/c1-3-20(12-13-7-9-19-10-8-13)16-6-4-5-15(17)14(16)11-18-2/h4-10,18H,3,11-12H2,1-2H3. The summed E-state index contributed by atoms with van der Waals surface area (Å²) < 4.78 is 14.0. The van der Waals surface area contributed by atoms with Crippen LogP contribution in [0.3, 0.4) is 0 Å². The lowest BCUT2D eigenvalue weighted by molar-refractivity contribution is 0.598. The lowest BCUT2D eigenvalue weighted by Crippen LogP contribution is -2.24. The summed E-state index contributed by atoms with van der Waals surface area (Å²) in [5.41, 5.74) is 2.83. The maximum absolute atomic E-state index is 14.0. The molecule has 20 heavy (non-hydrogen) atoms. The van der Waals surface area contributed by atoms with Crippen molar-refractivity contribution in [2.75, 3.05) is 18.5 Å². The highest BCUT2D eigenvalue weighted by Gasteiger charge is 2.13. The van der Waals surface area contributed by atoms with Gasteiger partial charge in [-0.1, -0.05) is 6.07 Å². The fourth-order valence-electron chi connectivity index (χ4n) is 2.27. The predicted octanol–water partition coefficient (Wildman–Crippen LogP) is 2.97. The lowest BCUT2D eigenvalue weighted by Gasteiger charge is -2.26. The first-order chi connectivity index (χ1) is 9.76. The van der Waals surface area contributed by atoms with Crippen molar-refractivity contribution in [3.05, 3.63) is 59.7 Å². The van der Waals surface area contributed by atoms with Crippen LogP contribution in [0.1, 0.15) is 18.1 Å². The van der Waals surface area contributed by atoms with Crippen LogP contribution in [-0.4, -0.2) is 18.6 Å². The maximum Gasteiger partial charge on any atom is 0.129 e. The minimum Gasteiger partial charge on any atom is -0.367 e. The van der Waals surface area contributed by atoms with Crippen LogP contribution in [0.15, 0.2) is 42.7 Å². The van der Waals surface area contributed by atoms with Gasteiger partial charge >= 0.3 is 0 Å². The first-order valence-electron chi connectivity index (χ1n) is 6.82. The smallest absolute Gasteiger partial charge is 0.129 e. The minimum atomic E-state index is -0.162. The van der Waals surface area contributed by atoms with E-state index in [4.69, 9.17) is 0 Å². The molecule has 3 nitrogen and oxygen atoms in total. The Hall–Kier alpha value is -1.94. The second-order valence-corrected chi connectivity index (χ2v) is 4.64. The van der Waals surface area contributed by atoms with Crippen molar-refractivity contribution in [3.8, 4) is 0 Å². The molecular formula is C16H20FN3. The molecule has 4 heteroatoms. The molecule has 1 heterocycles. The summed E-state index contributed by atoms with van der Waals surface area (Å²) in [7, 11) is 1.83. The Morgan fingerprint density at radius 1 is 1.20 bits per heavy atom. The highest BCUT2D eigenvalue weighted by molar-refractivity contribution is 5.54. The van der Waals surface area contributed by atoms with E-state index >= 15 is 0 Å². The van der Waals surface area contributed by atoms with Crippen LogP contribution in [0.4, 0.5) is 10.1 Å². The topological polar surface area (TPSA) is 28.2 Å². The number of halogens is 1. The molecule has 2 rings (SSSR count). The third-order valence-electron chi connectivity index (χ3n) is 3.29. The molecule has 0 unspecified atom stereocenters. The largest absolute Gasteiger partial charge is 0.367 e. The van der Waals surface area contributed by atoms with E-state index in [9.17, 15) is 4.39 Å². The molecule has 0 atom stereocenters. The zero-order valence-electron chi connectivity index (χ0n) is 11.9. The summed E-state index contributed by atoms with van der Waals surface area (Å²) in [5.74, 6) is -0.162. The van der Waals surface area contributed by atoms with Gasteiger partial charge in [0.2, 0.25) is 0 Å². The summed E-state index contributed by atoms with van der Waals surface area (Å²) >= 11 is 0. The second kappa shape index (κ2) is 7.01. The molecular weight excluding hydrogens is 253 g/mol. The molecule has 1 aromatic carbocycles. The molecule has 0 bridgehead atoms. The average molecular weight is 273 g/mol. The van der Waals surface area contributed by atoms with Gasteiger partial charge in [-0.15, -0.1) is 0 Å². The van der Waals surface area contributed by atoms with E-state index < -0.39 is 0 Å². The molecule has 0 spiro atoms. The summed E-state index contributed by atoms with van der Waals surface area (Å²) in [5, 5.41) is 3.03. The quantitative estimate of drug-likeness (QED) is 0.877. The highest BCUT2D eigenvalue weighted by Crippen LogP contribution is 2.24. The van der Waals surface area contributed by atoms with Gasteiger partial charge in [0.25, 0.3) is 0 Å². The molecule has 0 saturated heterocycles. The number of nitrogens with one attached hydrogen (secondary N) is 1. The van der Waals surface area contributed by atoms with Gasteiger partial charge in [-0.2, -0.15) is 0 Å². The van der Waals surface area contributed by atoms with Crippen LogP contribution in [0.25, 0.3) is 0 Å². The van der Waals surface area contributed by atoms with Gasteiger partial charge in [0.05, 0.1) is 0 Å². The molecule has 0 radical (unpaired) electrons. The van der Waals surface area contributed by atoms with Crippen LogP contribution >= 0.6 is 0 Å². The number of aromatic nitrogens is 1. The van der Waals surface area contributed by atoms with Gasteiger partial charge in [0.1, 0.15) is 5.82 Å². The van der Waals surface area contributed by atoms with Gasteiger partial charge in [0.15, 0.2) is 0 Å². The van der Waals surface area contributed by atoms with E-state index in [0.29, 0.717) is 12.1 Å². The number of benzene rings is 1. The Labute approximate surface area is 119 Å². The van der Waals surface area contributed by atoms with E-state index in [1.54, 1.807) is 18.5 Å². The first-order valence-corrected chi connectivity index (χ1v) is 6.82. The summed E-state index contributed by atoms with van der Waals surface area (Å²) in [6.07, 6.45) is 3.56. The molecule has 106 valence electrons. The molecule has 0 saturated carbocycles. The number of anilines is 1. The number of nitrogens with zero attached hydrogens (tertiary/aromatic N) is 2. The fourth-order valence-corrected chi connectivity index (χ4v) is 2.27. The Bertz CT molecular complexity index is 543. The van der Waals surface area contributed by atoms with Crippen molar-refractivity contribution in [3.63, 3.8) is 0 Å². The number of rotatable bonds is 6. The zero-order valence-corrected chi connectivity index (χ0v) is 11.9. The van der Waals surface area contributed by atoms with E-state index in [2.05, 4.69) is 22.1 Å². The Kier molecular flexibility index (Phi) is 5.07. The third-order valence-corrected chi connectivity index (χ3v) is 3.29. The van der Waals surface area contributed by atoms with Gasteiger partial charge in [-0.05, 0) is 43.8 Å². The van der Waals surface area contributed by atoms with Crippen molar-refractivity contribution in [1.29, 1.82) is 0 Å². The van der Waals surface area contributed by atoms with Crippen LogP contribution < -0.4 is 10.2 Å². The summed E-state index contributed by atoms with van der Waals surface area (Å²) in [4.78, 5) is 6.20. The third kappa shape index (κ3) is 3.33. The molecule has 0 fully saturated rings. The van der Waals surface area contributed by atoms with Gasteiger partial charge in [-0.25, -0.2) is 4.39 Å². The Balaban J connectivity index is 2.29. The highest BCUT2D eigenvalue weighted by atomic mass is 19.1. The number of hydrogen-bond acceptors (Lipinski definition) is 3. The molecule has 0 aliphatic heterocycles. The van der Waals surface area contributed by atoms with Crippen LogP contribution in [0.2, 0.25) is 0 Å². The second-order valence-electron chi connectivity index (χ2n) is 4.64. The fraction of sp³-hybridized carbons (Fsp3) is 0.312. The Morgan fingerprint density at radius 3 is 2.60 bits per heavy atom. The van der Waals surface area contributed by atoms with E-state index in [1.165, 1.54) is 11.6 Å². The van der Waals surface area contributed by atoms with Gasteiger partial charge < -0.3 is 10.2 Å². The number of hydrogen-bond donors (Lipinski definition) is 1. The Morgan fingerprint density at radius 2 is 1.95 bits per heavy atom. The van der Waals surface area contributed by atoms with Crippen LogP contribution in [-0.2, 0) is 13.1 Å². The van der Waals surface area contributed by atoms with E-state index in [0.717, 1.165) is 18.8 Å². The summed E-state index contributed by atoms with van der Waals surface area (Å²) in [6, 6.07) is 9.22.